The van der Waals surface area contributed by atoms with Crippen LogP contribution in [0, 0.1) is 5.82 Å². The Morgan fingerprint density at radius 3 is 2.55 bits per heavy atom. The molecule has 0 atom stereocenters. The molecule has 0 aromatic heterocycles. The molecule has 1 saturated heterocycles. The highest BCUT2D eigenvalue weighted by Gasteiger charge is 2.28. The molecule has 1 aliphatic heterocycles. The quantitative estimate of drug-likeness (QED) is 0.819. The van der Waals surface area contributed by atoms with Gasteiger partial charge in [0, 0.05) is 5.56 Å². The Morgan fingerprint density at radius 2 is 2.05 bits per heavy atom. The zero-order valence-electron chi connectivity index (χ0n) is 11.8. The lowest BCUT2D eigenvalue weighted by molar-refractivity contribution is 0.0995. The SMILES string of the molecule is COc1cc(C(N)=O)c(F)c(C2CCN(C)CC2)c1N. The fourth-order valence-electron chi connectivity index (χ4n) is 2.71. The minimum Gasteiger partial charge on any atom is -0.495 e. The van der Waals surface area contributed by atoms with Gasteiger partial charge in [-0.2, -0.15) is 0 Å². The molecule has 0 radical (unpaired) electrons. The number of hydrogen-bond donors (Lipinski definition) is 2. The number of methoxy groups -OCH3 is 1. The highest BCUT2D eigenvalue weighted by molar-refractivity contribution is 5.94. The van der Waals surface area contributed by atoms with Crippen molar-refractivity contribution in [1.29, 1.82) is 0 Å². The molecule has 0 spiro atoms. The number of nitrogen functional groups attached to an aromatic ring is 1. The van der Waals surface area contributed by atoms with Crippen LogP contribution in [0.25, 0.3) is 0 Å². The third kappa shape index (κ3) is 2.56. The molecule has 1 amide bonds. The number of primary amides is 1. The number of carbonyl (C=O) groups excluding carboxylic acids is 1. The number of anilines is 1. The van der Waals surface area contributed by atoms with Crippen molar-refractivity contribution >= 4 is 11.6 Å². The van der Waals surface area contributed by atoms with Gasteiger partial charge in [0.05, 0.1) is 18.4 Å². The molecular formula is C14H20FN3O2. The van der Waals surface area contributed by atoms with Crippen LogP contribution in [0.2, 0.25) is 0 Å². The Balaban J connectivity index is 2.50. The van der Waals surface area contributed by atoms with Gasteiger partial charge in [-0.05, 0) is 45.0 Å². The van der Waals surface area contributed by atoms with E-state index in [0.717, 1.165) is 25.9 Å². The summed E-state index contributed by atoms with van der Waals surface area (Å²) in [6.45, 7) is 1.74. The van der Waals surface area contributed by atoms with E-state index in [4.69, 9.17) is 16.2 Å². The van der Waals surface area contributed by atoms with Crippen LogP contribution < -0.4 is 16.2 Å². The molecule has 0 bridgehead atoms. The molecule has 1 heterocycles. The molecule has 0 unspecified atom stereocenters. The summed E-state index contributed by atoms with van der Waals surface area (Å²) in [5.41, 5.74) is 11.7. The van der Waals surface area contributed by atoms with Gasteiger partial charge in [0.25, 0.3) is 5.91 Å². The number of benzene rings is 1. The Morgan fingerprint density at radius 1 is 1.45 bits per heavy atom. The highest BCUT2D eigenvalue weighted by Crippen LogP contribution is 2.39. The Hall–Kier alpha value is -1.82. The second-order valence-electron chi connectivity index (χ2n) is 5.21. The lowest BCUT2D eigenvalue weighted by atomic mass is 9.86. The normalized spacial score (nSPS) is 17.1. The van der Waals surface area contributed by atoms with E-state index in [1.54, 1.807) is 0 Å². The summed E-state index contributed by atoms with van der Waals surface area (Å²) in [4.78, 5) is 13.5. The third-order valence-corrected chi connectivity index (χ3v) is 3.92. The van der Waals surface area contributed by atoms with Crippen molar-refractivity contribution in [3.8, 4) is 5.75 Å². The van der Waals surface area contributed by atoms with Crippen LogP contribution in [-0.4, -0.2) is 38.1 Å². The molecular weight excluding hydrogens is 261 g/mol. The van der Waals surface area contributed by atoms with E-state index < -0.39 is 11.7 Å². The summed E-state index contributed by atoms with van der Waals surface area (Å²) in [5.74, 6) is -1.13. The number of halogens is 1. The molecule has 20 heavy (non-hydrogen) atoms. The highest BCUT2D eigenvalue weighted by atomic mass is 19.1. The first kappa shape index (κ1) is 14.6. The van der Waals surface area contributed by atoms with E-state index in [2.05, 4.69) is 4.90 Å². The summed E-state index contributed by atoms with van der Waals surface area (Å²) >= 11 is 0. The molecule has 0 saturated carbocycles. The lowest BCUT2D eigenvalue weighted by Crippen LogP contribution is -2.30. The molecule has 1 fully saturated rings. The maximum atomic E-state index is 14.5. The van der Waals surface area contributed by atoms with Gasteiger partial charge in [0.1, 0.15) is 11.6 Å². The first-order valence-electron chi connectivity index (χ1n) is 6.60. The number of amides is 1. The average molecular weight is 281 g/mol. The van der Waals surface area contributed by atoms with E-state index in [9.17, 15) is 9.18 Å². The molecule has 2 rings (SSSR count). The fourth-order valence-corrected chi connectivity index (χ4v) is 2.71. The van der Waals surface area contributed by atoms with Crippen molar-refractivity contribution in [3.05, 3.63) is 23.0 Å². The topological polar surface area (TPSA) is 81.6 Å². The van der Waals surface area contributed by atoms with Gasteiger partial charge >= 0.3 is 0 Å². The lowest BCUT2D eigenvalue weighted by Gasteiger charge is -2.30. The first-order valence-corrected chi connectivity index (χ1v) is 6.60. The van der Waals surface area contributed by atoms with E-state index in [-0.39, 0.29) is 17.2 Å². The van der Waals surface area contributed by atoms with Crippen molar-refractivity contribution in [3.63, 3.8) is 0 Å². The summed E-state index contributed by atoms with van der Waals surface area (Å²) in [6, 6.07) is 1.27. The van der Waals surface area contributed by atoms with Crippen LogP contribution in [0.4, 0.5) is 10.1 Å². The van der Waals surface area contributed by atoms with Crippen LogP contribution in [-0.2, 0) is 0 Å². The zero-order valence-corrected chi connectivity index (χ0v) is 11.8. The standard InChI is InChI=1S/C14H20FN3O2/c1-18-5-3-8(4-6-18)11-12(15)9(14(17)19)7-10(20-2)13(11)16/h7-8H,3-6,16H2,1-2H3,(H2,17,19). The number of likely N-dealkylation sites (tertiary alicyclic amines) is 1. The molecule has 110 valence electrons. The van der Waals surface area contributed by atoms with Crippen LogP contribution >= 0.6 is 0 Å². The minimum atomic E-state index is -0.810. The molecule has 1 aliphatic rings. The number of hydrogen-bond acceptors (Lipinski definition) is 4. The Labute approximate surface area is 117 Å². The van der Waals surface area contributed by atoms with Crippen molar-refractivity contribution in [2.24, 2.45) is 5.73 Å². The van der Waals surface area contributed by atoms with Crippen LogP contribution in [0.3, 0.4) is 0 Å². The van der Waals surface area contributed by atoms with E-state index in [0.29, 0.717) is 11.3 Å². The fraction of sp³-hybridized carbons (Fsp3) is 0.500. The van der Waals surface area contributed by atoms with Gasteiger partial charge in [-0.15, -0.1) is 0 Å². The van der Waals surface area contributed by atoms with Crippen molar-refractivity contribution in [2.45, 2.75) is 18.8 Å². The van der Waals surface area contributed by atoms with Crippen molar-refractivity contribution < 1.29 is 13.9 Å². The number of nitrogens with zero attached hydrogens (tertiary/aromatic N) is 1. The number of rotatable bonds is 3. The predicted octanol–water partition coefficient (Wildman–Crippen LogP) is 1.32. The molecule has 5 nitrogen and oxygen atoms in total. The molecule has 1 aromatic carbocycles. The van der Waals surface area contributed by atoms with Gasteiger partial charge in [0.15, 0.2) is 0 Å². The first-order chi connectivity index (χ1) is 9.45. The van der Waals surface area contributed by atoms with E-state index in [1.807, 2.05) is 7.05 Å². The van der Waals surface area contributed by atoms with Crippen LogP contribution in [0.15, 0.2) is 6.07 Å². The maximum Gasteiger partial charge on any atom is 0.251 e. The Bertz CT molecular complexity index is 526. The molecule has 0 aliphatic carbocycles. The van der Waals surface area contributed by atoms with Gasteiger partial charge in [0.2, 0.25) is 0 Å². The van der Waals surface area contributed by atoms with Crippen molar-refractivity contribution in [2.75, 3.05) is 33.0 Å². The molecule has 6 heteroatoms. The molecule has 1 aromatic rings. The van der Waals surface area contributed by atoms with Gasteiger partial charge in [-0.25, -0.2) is 4.39 Å². The average Bonchev–Trinajstić information content (AvgIpc) is 2.41. The van der Waals surface area contributed by atoms with E-state index >= 15 is 0 Å². The number of ether oxygens (including phenoxy) is 1. The number of piperidine rings is 1. The second-order valence-corrected chi connectivity index (χ2v) is 5.21. The monoisotopic (exact) mass is 281 g/mol. The summed E-state index contributed by atoms with van der Waals surface area (Å²) in [7, 11) is 3.46. The summed E-state index contributed by atoms with van der Waals surface area (Å²) < 4.78 is 19.7. The van der Waals surface area contributed by atoms with Gasteiger partial charge in [-0.3, -0.25) is 4.79 Å². The van der Waals surface area contributed by atoms with Crippen LogP contribution in [0.1, 0.15) is 34.7 Å². The largest absolute Gasteiger partial charge is 0.495 e. The summed E-state index contributed by atoms with van der Waals surface area (Å²) in [5, 5.41) is 0. The van der Waals surface area contributed by atoms with Gasteiger partial charge in [-0.1, -0.05) is 0 Å². The zero-order chi connectivity index (χ0) is 14.9. The van der Waals surface area contributed by atoms with Gasteiger partial charge < -0.3 is 21.1 Å². The predicted molar refractivity (Wildman–Crippen MR) is 75.4 cm³/mol. The summed E-state index contributed by atoms with van der Waals surface area (Å²) in [6.07, 6.45) is 1.59. The second kappa shape index (κ2) is 5.66. The maximum absolute atomic E-state index is 14.5. The number of nitrogens with two attached hydrogens (primary N) is 2. The van der Waals surface area contributed by atoms with Crippen LogP contribution in [0.5, 0.6) is 5.75 Å². The Kier molecular flexibility index (Phi) is 4.13. The number of carbonyl (C=O) groups is 1. The van der Waals surface area contributed by atoms with E-state index in [1.165, 1.54) is 13.2 Å². The minimum absolute atomic E-state index is 0.0144. The molecule has 4 N–H and O–H groups in total. The van der Waals surface area contributed by atoms with Crippen molar-refractivity contribution in [1.82, 2.24) is 4.90 Å². The third-order valence-electron chi connectivity index (χ3n) is 3.92. The smallest absolute Gasteiger partial charge is 0.251 e.